The highest BCUT2D eigenvalue weighted by atomic mass is 19.1. The minimum Gasteiger partial charge on any atom is -0.389 e. The van der Waals surface area contributed by atoms with E-state index in [1.54, 1.807) is 0 Å². The second kappa shape index (κ2) is 5.49. The highest BCUT2D eigenvalue weighted by Gasteiger charge is 2.26. The van der Waals surface area contributed by atoms with Gasteiger partial charge in [0.1, 0.15) is 5.82 Å². The quantitative estimate of drug-likeness (QED) is 0.675. The van der Waals surface area contributed by atoms with E-state index in [0.29, 0.717) is 12.1 Å². The normalized spacial score (nSPS) is 11.3. The van der Waals surface area contributed by atoms with Crippen LogP contribution in [0.5, 0.6) is 0 Å². The predicted octanol–water partition coefficient (Wildman–Crippen LogP) is 1.72. The number of rotatable bonds is 4. The van der Waals surface area contributed by atoms with Gasteiger partial charge in [-0.2, -0.15) is 4.39 Å². The summed E-state index contributed by atoms with van der Waals surface area (Å²) in [6.07, 6.45) is 0. The molecule has 8 heteroatoms. The number of amides is 1. The van der Waals surface area contributed by atoms with Crippen LogP contribution in [-0.2, 0) is 0 Å². The highest BCUT2D eigenvalue weighted by molar-refractivity contribution is 5.94. The van der Waals surface area contributed by atoms with Crippen molar-refractivity contribution >= 4 is 11.6 Å². The molecule has 0 aliphatic heterocycles. The van der Waals surface area contributed by atoms with E-state index in [2.05, 4.69) is 0 Å². The van der Waals surface area contributed by atoms with Crippen LogP contribution in [0.3, 0.4) is 0 Å². The molecule has 0 fully saturated rings. The Kier molecular flexibility index (Phi) is 4.39. The van der Waals surface area contributed by atoms with Gasteiger partial charge >= 0.3 is 5.69 Å². The summed E-state index contributed by atoms with van der Waals surface area (Å²) < 4.78 is 27.1. The first-order valence-electron chi connectivity index (χ1n) is 5.64. The summed E-state index contributed by atoms with van der Waals surface area (Å²) in [6.45, 7) is 2.79. The molecule has 0 aliphatic rings. The third-order valence-electron chi connectivity index (χ3n) is 2.43. The van der Waals surface area contributed by atoms with E-state index in [4.69, 9.17) is 0 Å². The Morgan fingerprint density at radius 2 is 1.95 bits per heavy atom. The van der Waals surface area contributed by atoms with Gasteiger partial charge in [-0.3, -0.25) is 14.9 Å². The van der Waals surface area contributed by atoms with Crippen LogP contribution in [0.15, 0.2) is 12.1 Å². The number of halogens is 2. The molecule has 0 radical (unpaired) electrons. The maximum Gasteiger partial charge on any atom is 0.307 e. The van der Waals surface area contributed by atoms with Crippen molar-refractivity contribution in [1.29, 1.82) is 0 Å². The zero-order valence-corrected chi connectivity index (χ0v) is 11.2. The number of nitrogens with zero attached hydrogens (tertiary/aromatic N) is 2. The molecule has 0 saturated carbocycles. The van der Waals surface area contributed by atoms with Crippen molar-refractivity contribution in [3.63, 3.8) is 0 Å². The van der Waals surface area contributed by atoms with Crippen LogP contribution < -0.4 is 0 Å². The fourth-order valence-corrected chi connectivity index (χ4v) is 1.70. The lowest BCUT2D eigenvalue weighted by Gasteiger charge is -2.25. The SMILES string of the molecule is CN(CC(C)(C)O)C(=O)c1cc(F)c([N+](=O)[O-])cc1F. The van der Waals surface area contributed by atoms with Crippen LogP contribution >= 0.6 is 0 Å². The lowest BCUT2D eigenvalue weighted by molar-refractivity contribution is -0.387. The standard InChI is InChI=1S/C12H14F2N2O4/c1-12(2,18)6-15(3)11(17)7-4-9(14)10(16(19)20)5-8(7)13/h4-5,18H,6H2,1-3H3. The Balaban J connectivity index is 3.12. The average molecular weight is 288 g/mol. The van der Waals surface area contributed by atoms with Crippen molar-refractivity contribution in [2.24, 2.45) is 0 Å². The van der Waals surface area contributed by atoms with Crippen molar-refractivity contribution in [3.8, 4) is 0 Å². The van der Waals surface area contributed by atoms with Gasteiger partial charge in [0, 0.05) is 13.6 Å². The number of hydrogen-bond donors (Lipinski definition) is 1. The van der Waals surface area contributed by atoms with Crippen LogP contribution in [0.2, 0.25) is 0 Å². The molecule has 0 aliphatic carbocycles. The molecule has 0 unspecified atom stereocenters. The van der Waals surface area contributed by atoms with E-state index in [1.807, 2.05) is 0 Å². The Morgan fingerprint density at radius 1 is 1.40 bits per heavy atom. The van der Waals surface area contributed by atoms with Crippen molar-refractivity contribution in [2.45, 2.75) is 19.4 Å². The molecular weight excluding hydrogens is 274 g/mol. The maximum absolute atomic E-state index is 13.7. The first kappa shape index (κ1) is 16.0. The van der Waals surface area contributed by atoms with Gasteiger partial charge in [0.2, 0.25) is 5.82 Å². The molecule has 110 valence electrons. The number of hydrogen-bond acceptors (Lipinski definition) is 4. The molecule has 1 N–H and O–H groups in total. The molecule has 0 aromatic heterocycles. The molecule has 20 heavy (non-hydrogen) atoms. The number of nitro groups is 1. The topological polar surface area (TPSA) is 83.7 Å². The van der Waals surface area contributed by atoms with Crippen molar-refractivity contribution in [3.05, 3.63) is 39.4 Å². The smallest absolute Gasteiger partial charge is 0.307 e. The Morgan fingerprint density at radius 3 is 2.40 bits per heavy atom. The van der Waals surface area contributed by atoms with Crippen molar-refractivity contribution < 1.29 is 23.6 Å². The van der Waals surface area contributed by atoms with Gasteiger partial charge in [0.15, 0.2) is 0 Å². The van der Waals surface area contributed by atoms with Crippen molar-refractivity contribution in [1.82, 2.24) is 4.90 Å². The van der Waals surface area contributed by atoms with E-state index in [1.165, 1.54) is 20.9 Å². The molecule has 1 aromatic rings. The number of carbonyl (C=O) groups is 1. The summed E-state index contributed by atoms with van der Waals surface area (Å²) in [5, 5.41) is 20.0. The Bertz CT molecular complexity index is 555. The second-order valence-corrected chi connectivity index (χ2v) is 5.01. The van der Waals surface area contributed by atoms with Gasteiger partial charge in [-0.1, -0.05) is 0 Å². The first-order valence-corrected chi connectivity index (χ1v) is 5.64. The minimum atomic E-state index is -1.29. The highest BCUT2D eigenvalue weighted by Crippen LogP contribution is 2.22. The molecule has 0 bridgehead atoms. The van der Waals surface area contributed by atoms with E-state index in [9.17, 15) is 28.8 Å². The first-order chi connectivity index (χ1) is 9.03. The monoisotopic (exact) mass is 288 g/mol. The van der Waals surface area contributed by atoms with E-state index < -0.39 is 39.3 Å². The van der Waals surface area contributed by atoms with E-state index >= 15 is 0 Å². The third-order valence-corrected chi connectivity index (χ3v) is 2.43. The van der Waals surface area contributed by atoms with Gasteiger partial charge in [0.25, 0.3) is 5.91 Å². The Labute approximate surface area is 113 Å². The van der Waals surface area contributed by atoms with Gasteiger partial charge in [-0.15, -0.1) is 0 Å². The van der Waals surface area contributed by atoms with Crippen LogP contribution in [0, 0.1) is 21.7 Å². The summed E-state index contributed by atoms with van der Waals surface area (Å²) >= 11 is 0. The van der Waals surface area contributed by atoms with E-state index in [-0.39, 0.29) is 6.54 Å². The predicted molar refractivity (Wildman–Crippen MR) is 66.3 cm³/mol. The summed E-state index contributed by atoms with van der Waals surface area (Å²) in [5.41, 5.74) is -2.87. The van der Waals surface area contributed by atoms with Gasteiger partial charge in [-0.05, 0) is 19.9 Å². The molecule has 1 aromatic carbocycles. The Hall–Kier alpha value is -2.09. The van der Waals surface area contributed by atoms with Crippen molar-refractivity contribution in [2.75, 3.05) is 13.6 Å². The largest absolute Gasteiger partial charge is 0.389 e. The summed E-state index contributed by atoms with van der Waals surface area (Å²) in [5.74, 6) is -3.36. The molecule has 0 spiro atoms. The third kappa shape index (κ3) is 3.70. The molecule has 1 rings (SSSR count). The zero-order valence-electron chi connectivity index (χ0n) is 11.2. The van der Waals surface area contributed by atoms with Crippen LogP contribution in [-0.4, -0.2) is 40.0 Å². The molecule has 1 amide bonds. The fourth-order valence-electron chi connectivity index (χ4n) is 1.70. The number of benzene rings is 1. The fraction of sp³-hybridized carbons (Fsp3) is 0.417. The molecule has 0 atom stereocenters. The lowest BCUT2D eigenvalue weighted by atomic mass is 10.1. The zero-order chi connectivity index (χ0) is 15.7. The maximum atomic E-state index is 13.7. The van der Waals surface area contributed by atoms with E-state index in [0.717, 1.165) is 4.90 Å². The van der Waals surface area contributed by atoms with Gasteiger partial charge in [-0.25, -0.2) is 4.39 Å². The minimum absolute atomic E-state index is 0.107. The van der Waals surface area contributed by atoms with Crippen LogP contribution in [0.4, 0.5) is 14.5 Å². The summed E-state index contributed by atoms with van der Waals surface area (Å²) in [7, 11) is 1.30. The average Bonchev–Trinajstić information content (AvgIpc) is 2.28. The number of aliphatic hydroxyl groups is 1. The molecule has 0 heterocycles. The lowest BCUT2D eigenvalue weighted by Crippen LogP contribution is -2.40. The van der Waals surface area contributed by atoms with Gasteiger partial charge < -0.3 is 10.0 Å². The summed E-state index contributed by atoms with van der Waals surface area (Å²) in [4.78, 5) is 22.3. The van der Waals surface area contributed by atoms with Crippen LogP contribution in [0.1, 0.15) is 24.2 Å². The molecule has 6 nitrogen and oxygen atoms in total. The molecular formula is C12H14F2N2O4. The number of nitro benzene ring substituents is 1. The van der Waals surface area contributed by atoms with Gasteiger partial charge in [0.05, 0.1) is 22.2 Å². The number of carbonyl (C=O) groups excluding carboxylic acids is 1. The molecule has 0 saturated heterocycles. The number of likely N-dealkylation sites (N-methyl/N-ethyl adjacent to an activating group) is 1. The second-order valence-electron chi connectivity index (χ2n) is 5.01. The van der Waals surface area contributed by atoms with Crippen LogP contribution in [0.25, 0.3) is 0 Å². The summed E-state index contributed by atoms with van der Waals surface area (Å²) in [6, 6.07) is 0.844.